The maximum Gasteiger partial charge on any atom is 0.332 e. The molecule has 30 heavy (non-hydrogen) atoms. The van der Waals surface area contributed by atoms with Gasteiger partial charge in [-0.15, -0.1) is 0 Å². The highest BCUT2D eigenvalue weighted by Gasteiger charge is 2.22. The SMILES string of the molecule is Cn1c(=O)c2cc(C(=O)NCCN3CCOCC3)n(Cc3ccco3)c2n(C)c1=O. The first-order valence-corrected chi connectivity index (χ1v) is 9.87. The molecule has 1 saturated heterocycles. The molecule has 0 saturated carbocycles. The van der Waals surface area contributed by atoms with Gasteiger partial charge in [0.1, 0.15) is 17.1 Å². The Morgan fingerprint density at radius 3 is 2.63 bits per heavy atom. The fourth-order valence-corrected chi connectivity index (χ4v) is 3.79. The monoisotopic (exact) mass is 415 g/mol. The molecule has 4 heterocycles. The summed E-state index contributed by atoms with van der Waals surface area (Å²) < 4.78 is 14.8. The number of hydrogen-bond donors (Lipinski definition) is 1. The van der Waals surface area contributed by atoms with Gasteiger partial charge in [0.25, 0.3) is 11.5 Å². The number of hydrogen-bond acceptors (Lipinski definition) is 6. The molecule has 3 aromatic rings. The molecule has 1 N–H and O–H groups in total. The Labute approximate surface area is 172 Å². The molecule has 10 nitrogen and oxygen atoms in total. The molecule has 1 aliphatic heterocycles. The van der Waals surface area contributed by atoms with E-state index in [1.54, 1.807) is 36.1 Å². The van der Waals surface area contributed by atoms with Crippen LogP contribution in [0.3, 0.4) is 0 Å². The summed E-state index contributed by atoms with van der Waals surface area (Å²) in [6.07, 6.45) is 1.54. The van der Waals surface area contributed by atoms with Crippen molar-refractivity contribution in [1.29, 1.82) is 0 Å². The van der Waals surface area contributed by atoms with Gasteiger partial charge >= 0.3 is 5.69 Å². The Morgan fingerprint density at radius 2 is 1.93 bits per heavy atom. The van der Waals surface area contributed by atoms with Crippen LogP contribution in [-0.2, 0) is 25.4 Å². The van der Waals surface area contributed by atoms with Crippen LogP contribution in [0.5, 0.6) is 0 Å². The van der Waals surface area contributed by atoms with E-state index in [0.717, 1.165) is 17.7 Å². The summed E-state index contributed by atoms with van der Waals surface area (Å²) in [5, 5.41) is 3.24. The van der Waals surface area contributed by atoms with Crippen LogP contribution in [0.4, 0.5) is 0 Å². The van der Waals surface area contributed by atoms with Crippen LogP contribution < -0.4 is 16.6 Å². The highest BCUT2D eigenvalue weighted by Crippen LogP contribution is 2.18. The minimum absolute atomic E-state index is 0.225. The van der Waals surface area contributed by atoms with Gasteiger partial charge in [-0.3, -0.25) is 23.6 Å². The number of nitrogens with zero attached hydrogens (tertiary/aromatic N) is 4. The third kappa shape index (κ3) is 3.71. The number of amides is 1. The number of fused-ring (bicyclic) bond motifs is 1. The first-order chi connectivity index (χ1) is 14.5. The third-order valence-corrected chi connectivity index (χ3v) is 5.44. The minimum atomic E-state index is -0.453. The third-order valence-electron chi connectivity index (χ3n) is 5.44. The predicted octanol–water partition coefficient (Wildman–Crippen LogP) is -0.258. The number of carbonyl (C=O) groups is 1. The summed E-state index contributed by atoms with van der Waals surface area (Å²) in [5.41, 5.74) is -0.196. The van der Waals surface area contributed by atoms with Gasteiger partial charge in [-0.2, -0.15) is 0 Å². The van der Waals surface area contributed by atoms with Crippen LogP contribution in [0.2, 0.25) is 0 Å². The molecule has 0 bridgehead atoms. The topological polar surface area (TPSA) is 104 Å². The van der Waals surface area contributed by atoms with E-state index in [0.29, 0.717) is 48.8 Å². The van der Waals surface area contributed by atoms with Crippen LogP contribution in [0, 0.1) is 0 Å². The van der Waals surface area contributed by atoms with Gasteiger partial charge in [-0.1, -0.05) is 0 Å². The zero-order valence-electron chi connectivity index (χ0n) is 17.1. The van der Waals surface area contributed by atoms with E-state index in [4.69, 9.17) is 9.15 Å². The van der Waals surface area contributed by atoms with Crippen LogP contribution >= 0.6 is 0 Å². The molecule has 4 rings (SSSR count). The van der Waals surface area contributed by atoms with E-state index in [2.05, 4.69) is 10.2 Å². The molecule has 0 radical (unpaired) electrons. The van der Waals surface area contributed by atoms with Crippen LogP contribution in [0.1, 0.15) is 16.2 Å². The Morgan fingerprint density at radius 1 is 1.17 bits per heavy atom. The number of aromatic nitrogens is 3. The Balaban J connectivity index is 1.68. The molecule has 1 fully saturated rings. The number of morpholine rings is 1. The smallest absolute Gasteiger partial charge is 0.332 e. The molecule has 1 aliphatic rings. The highest BCUT2D eigenvalue weighted by molar-refractivity contribution is 5.97. The average molecular weight is 415 g/mol. The van der Waals surface area contributed by atoms with Crippen molar-refractivity contribution in [2.75, 3.05) is 39.4 Å². The van der Waals surface area contributed by atoms with E-state index in [1.165, 1.54) is 11.6 Å². The first-order valence-electron chi connectivity index (χ1n) is 9.87. The summed E-state index contributed by atoms with van der Waals surface area (Å²) in [6, 6.07) is 5.08. The zero-order chi connectivity index (χ0) is 21.3. The highest BCUT2D eigenvalue weighted by atomic mass is 16.5. The van der Waals surface area contributed by atoms with Gasteiger partial charge in [0.2, 0.25) is 0 Å². The maximum absolute atomic E-state index is 13.0. The molecular formula is C20H25N5O5. The van der Waals surface area contributed by atoms with Gasteiger partial charge in [0, 0.05) is 40.3 Å². The molecular weight excluding hydrogens is 390 g/mol. The molecule has 10 heteroatoms. The average Bonchev–Trinajstić information content (AvgIpc) is 3.40. The lowest BCUT2D eigenvalue weighted by molar-refractivity contribution is 0.0383. The van der Waals surface area contributed by atoms with Gasteiger partial charge in [-0.05, 0) is 18.2 Å². The summed E-state index contributed by atoms with van der Waals surface area (Å²) in [6.45, 7) is 4.49. The number of rotatable bonds is 6. The van der Waals surface area contributed by atoms with Gasteiger partial charge in [0.15, 0.2) is 0 Å². The summed E-state index contributed by atoms with van der Waals surface area (Å²) >= 11 is 0. The fourth-order valence-electron chi connectivity index (χ4n) is 3.79. The lowest BCUT2D eigenvalue weighted by Gasteiger charge is -2.26. The van der Waals surface area contributed by atoms with Crippen molar-refractivity contribution in [3.63, 3.8) is 0 Å². The van der Waals surface area contributed by atoms with Crippen molar-refractivity contribution in [3.8, 4) is 0 Å². The molecule has 160 valence electrons. The minimum Gasteiger partial charge on any atom is -0.467 e. The van der Waals surface area contributed by atoms with Crippen molar-refractivity contribution in [1.82, 2.24) is 23.9 Å². The quantitative estimate of drug-likeness (QED) is 0.595. The Hall–Kier alpha value is -3.11. The summed E-state index contributed by atoms with van der Waals surface area (Å²) in [5.74, 6) is 0.309. The molecule has 0 atom stereocenters. The number of carbonyl (C=O) groups excluding carboxylic acids is 1. The van der Waals surface area contributed by atoms with Crippen LogP contribution in [-0.4, -0.2) is 63.9 Å². The van der Waals surface area contributed by atoms with Gasteiger partial charge in [0.05, 0.1) is 31.4 Å². The van der Waals surface area contributed by atoms with Gasteiger partial charge in [-0.25, -0.2) is 4.79 Å². The number of ether oxygens (including phenoxy) is 1. The molecule has 0 aliphatic carbocycles. The van der Waals surface area contributed by atoms with Gasteiger partial charge < -0.3 is 19.0 Å². The molecule has 0 aromatic carbocycles. The fraction of sp³-hybridized carbons (Fsp3) is 0.450. The summed E-state index contributed by atoms with van der Waals surface area (Å²) in [4.78, 5) is 40.4. The lowest BCUT2D eigenvalue weighted by Crippen LogP contribution is -2.41. The first kappa shape index (κ1) is 20.2. The number of furan rings is 1. The van der Waals surface area contributed by atoms with Crippen LogP contribution in [0.25, 0.3) is 11.0 Å². The normalized spacial score (nSPS) is 15.0. The van der Waals surface area contributed by atoms with E-state index in [-0.39, 0.29) is 12.5 Å². The van der Waals surface area contributed by atoms with Crippen molar-refractivity contribution >= 4 is 16.9 Å². The second-order valence-corrected chi connectivity index (χ2v) is 7.35. The van der Waals surface area contributed by atoms with E-state index in [9.17, 15) is 14.4 Å². The predicted molar refractivity (Wildman–Crippen MR) is 110 cm³/mol. The lowest BCUT2D eigenvalue weighted by atomic mass is 10.3. The number of aryl methyl sites for hydroxylation is 1. The molecule has 0 unspecified atom stereocenters. The number of nitrogens with one attached hydrogen (secondary N) is 1. The van der Waals surface area contributed by atoms with E-state index < -0.39 is 11.2 Å². The largest absolute Gasteiger partial charge is 0.467 e. The van der Waals surface area contributed by atoms with Crippen molar-refractivity contribution < 1.29 is 13.9 Å². The zero-order valence-corrected chi connectivity index (χ0v) is 17.1. The second-order valence-electron chi connectivity index (χ2n) is 7.35. The summed E-state index contributed by atoms with van der Waals surface area (Å²) in [7, 11) is 3.01. The van der Waals surface area contributed by atoms with Crippen LogP contribution in [0.15, 0.2) is 38.5 Å². The Bertz CT molecular complexity index is 1170. The van der Waals surface area contributed by atoms with Crippen molar-refractivity contribution in [3.05, 3.63) is 56.8 Å². The van der Waals surface area contributed by atoms with Crippen molar-refractivity contribution in [2.24, 2.45) is 14.1 Å². The standard InChI is InChI=1S/C20H25N5O5/c1-22-18-15(19(27)23(2)20(22)28)12-16(25(18)13-14-4-3-9-30-14)17(26)21-5-6-24-7-10-29-11-8-24/h3-4,9,12H,5-8,10-11,13H2,1-2H3,(H,21,26). The van der Waals surface area contributed by atoms with E-state index >= 15 is 0 Å². The molecule has 0 spiro atoms. The molecule has 1 amide bonds. The molecule has 3 aromatic heterocycles. The van der Waals surface area contributed by atoms with Crippen molar-refractivity contribution in [2.45, 2.75) is 6.54 Å². The maximum atomic E-state index is 13.0. The van der Waals surface area contributed by atoms with E-state index in [1.807, 2.05) is 0 Å². The second kappa shape index (κ2) is 8.33. The Kier molecular flexibility index (Phi) is 5.60.